The zero-order chi connectivity index (χ0) is 14.3. The number of nitrogen functional groups attached to an aromatic ring is 1. The molecule has 5 heteroatoms. The number of aromatic nitrogens is 2. The van der Waals surface area contributed by atoms with E-state index in [-0.39, 0.29) is 17.4 Å². The maximum Gasteiger partial charge on any atom is 0.256 e. The van der Waals surface area contributed by atoms with Gasteiger partial charge >= 0.3 is 0 Å². The number of hydrogen-bond acceptors (Lipinski definition) is 4. The molecule has 0 fully saturated rings. The van der Waals surface area contributed by atoms with Crippen LogP contribution in [0.4, 0.5) is 5.82 Å². The number of anilines is 1. The summed E-state index contributed by atoms with van der Waals surface area (Å²) < 4.78 is 5.62. The summed E-state index contributed by atoms with van der Waals surface area (Å²) in [6.45, 7) is 4.33. The molecule has 1 aromatic heterocycles. The Hall–Kier alpha value is -2.30. The van der Waals surface area contributed by atoms with Crippen molar-refractivity contribution in [1.29, 1.82) is 0 Å². The molecule has 0 spiro atoms. The van der Waals surface area contributed by atoms with Crippen molar-refractivity contribution in [2.75, 3.05) is 12.3 Å². The van der Waals surface area contributed by atoms with Gasteiger partial charge in [-0.2, -0.15) is 0 Å². The molecule has 3 N–H and O–H groups in total. The highest BCUT2D eigenvalue weighted by atomic mass is 16.5. The molecule has 0 radical (unpaired) electrons. The maximum atomic E-state index is 12.2. The fraction of sp³-hybridized carbons (Fsp3) is 0.333. The van der Waals surface area contributed by atoms with Gasteiger partial charge in [0, 0.05) is 5.56 Å². The zero-order valence-electron chi connectivity index (χ0n) is 11.5. The Morgan fingerprint density at radius 3 is 2.85 bits per heavy atom. The largest absolute Gasteiger partial charge is 0.492 e. The standard InChI is InChI=1S/C15H17N3O2/c1-8(2)12-13(16)17-14(18-15(12)19)10-7-20-11-6-4-3-5-9(10)11/h3-6,8,10H,7H2,1-2H3,(H3,16,17,18,19). The van der Waals surface area contributed by atoms with Gasteiger partial charge in [0.2, 0.25) is 0 Å². The molecule has 1 aromatic carbocycles. The Morgan fingerprint density at radius 2 is 2.15 bits per heavy atom. The summed E-state index contributed by atoms with van der Waals surface area (Å²) in [5.41, 5.74) is 7.36. The van der Waals surface area contributed by atoms with Crippen LogP contribution in [0.15, 0.2) is 29.1 Å². The SMILES string of the molecule is CC(C)c1c(N)nc(C2COc3ccccc32)[nH]c1=O. The van der Waals surface area contributed by atoms with Crippen LogP contribution >= 0.6 is 0 Å². The number of aromatic amines is 1. The third-order valence-corrected chi connectivity index (χ3v) is 3.61. The van der Waals surface area contributed by atoms with Crippen molar-refractivity contribution in [1.82, 2.24) is 9.97 Å². The number of ether oxygens (including phenoxy) is 1. The number of H-pyrrole nitrogens is 1. The minimum Gasteiger partial charge on any atom is -0.492 e. The second-order valence-electron chi connectivity index (χ2n) is 5.31. The molecule has 2 aromatic rings. The highest BCUT2D eigenvalue weighted by Crippen LogP contribution is 2.36. The number of hydrogen-bond donors (Lipinski definition) is 2. The molecule has 1 aliphatic heterocycles. The highest BCUT2D eigenvalue weighted by Gasteiger charge is 2.28. The predicted molar refractivity (Wildman–Crippen MR) is 77.1 cm³/mol. The third kappa shape index (κ3) is 1.95. The van der Waals surface area contributed by atoms with Crippen LogP contribution in [-0.4, -0.2) is 16.6 Å². The number of nitrogens with zero attached hydrogens (tertiary/aromatic N) is 1. The first-order chi connectivity index (χ1) is 9.58. The Morgan fingerprint density at radius 1 is 1.40 bits per heavy atom. The van der Waals surface area contributed by atoms with E-state index in [4.69, 9.17) is 10.5 Å². The number of nitrogens with one attached hydrogen (secondary N) is 1. The Labute approximate surface area is 116 Å². The summed E-state index contributed by atoms with van der Waals surface area (Å²) in [7, 11) is 0. The van der Waals surface area contributed by atoms with E-state index in [0.717, 1.165) is 11.3 Å². The fourth-order valence-electron chi connectivity index (χ4n) is 2.63. The Balaban J connectivity index is 2.07. The third-order valence-electron chi connectivity index (χ3n) is 3.61. The number of fused-ring (bicyclic) bond motifs is 1. The molecule has 5 nitrogen and oxygen atoms in total. The van der Waals surface area contributed by atoms with Crippen LogP contribution in [0.5, 0.6) is 5.75 Å². The van der Waals surface area contributed by atoms with Gasteiger partial charge in [0.15, 0.2) is 0 Å². The minimum absolute atomic E-state index is 0.0485. The van der Waals surface area contributed by atoms with Crippen molar-refractivity contribution in [3.8, 4) is 5.75 Å². The molecular formula is C15H17N3O2. The molecule has 1 unspecified atom stereocenters. The van der Waals surface area contributed by atoms with E-state index in [2.05, 4.69) is 9.97 Å². The smallest absolute Gasteiger partial charge is 0.256 e. The van der Waals surface area contributed by atoms with Gasteiger partial charge in [-0.05, 0) is 12.0 Å². The van der Waals surface area contributed by atoms with Gasteiger partial charge in [-0.25, -0.2) is 4.98 Å². The van der Waals surface area contributed by atoms with Gasteiger partial charge in [-0.1, -0.05) is 32.0 Å². The molecule has 0 saturated heterocycles. The summed E-state index contributed by atoms with van der Waals surface area (Å²) in [4.78, 5) is 19.4. The van der Waals surface area contributed by atoms with Crippen LogP contribution in [-0.2, 0) is 0 Å². The first-order valence-electron chi connectivity index (χ1n) is 6.69. The Kier molecular flexibility index (Phi) is 2.97. The van der Waals surface area contributed by atoms with E-state index < -0.39 is 0 Å². The molecule has 1 aliphatic rings. The monoisotopic (exact) mass is 271 g/mol. The topological polar surface area (TPSA) is 81.0 Å². The average molecular weight is 271 g/mol. The van der Waals surface area contributed by atoms with Gasteiger partial charge in [-0.15, -0.1) is 0 Å². The quantitative estimate of drug-likeness (QED) is 0.875. The first-order valence-corrected chi connectivity index (χ1v) is 6.69. The number of para-hydroxylation sites is 1. The molecular weight excluding hydrogens is 254 g/mol. The van der Waals surface area contributed by atoms with E-state index in [1.807, 2.05) is 38.1 Å². The summed E-state index contributed by atoms with van der Waals surface area (Å²) in [6.07, 6.45) is 0. The van der Waals surface area contributed by atoms with E-state index in [1.165, 1.54) is 0 Å². The average Bonchev–Trinajstić information content (AvgIpc) is 2.81. The maximum absolute atomic E-state index is 12.2. The summed E-state index contributed by atoms with van der Waals surface area (Å²) in [6, 6.07) is 7.77. The summed E-state index contributed by atoms with van der Waals surface area (Å²) in [5, 5.41) is 0. The van der Waals surface area contributed by atoms with Crippen molar-refractivity contribution >= 4 is 5.82 Å². The van der Waals surface area contributed by atoms with Gasteiger partial charge in [0.05, 0.1) is 11.5 Å². The lowest BCUT2D eigenvalue weighted by Crippen LogP contribution is -2.23. The van der Waals surface area contributed by atoms with Crippen molar-refractivity contribution in [3.63, 3.8) is 0 Å². The molecule has 20 heavy (non-hydrogen) atoms. The molecule has 0 aliphatic carbocycles. The van der Waals surface area contributed by atoms with Gasteiger partial charge < -0.3 is 15.5 Å². The normalized spacial score (nSPS) is 17.1. The van der Waals surface area contributed by atoms with Gasteiger partial charge in [-0.3, -0.25) is 4.79 Å². The van der Waals surface area contributed by atoms with Gasteiger partial charge in [0.25, 0.3) is 5.56 Å². The molecule has 0 amide bonds. The molecule has 2 heterocycles. The fourth-order valence-corrected chi connectivity index (χ4v) is 2.63. The van der Waals surface area contributed by atoms with Gasteiger partial charge in [0.1, 0.15) is 24.0 Å². The van der Waals surface area contributed by atoms with E-state index >= 15 is 0 Å². The van der Waals surface area contributed by atoms with Crippen molar-refractivity contribution in [2.24, 2.45) is 0 Å². The van der Waals surface area contributed by atoms with Crippen molar-refractivity contribution < 1.29 is 4.74 Å². The van der Waals surface area contributed by atoms with Crippen molar-refractivity contribution in [2.45, 2.75) is 25.7 Å². The van der Waals surface area contributed by atoms with Crippen LogP contribution in [0.2, 0.25) is 0 Å². The minimum atomic E-state index is -0.160. The number of benzene rings is 1. The lowest BCUT2D eigenvalue weighted by atomic mass is 10.00. The lowest BCUT2D eigenvalue weighted by molar-refractivity contribution is 0.339. The van der Waals surface area contributed by atoms with Crippen LogP contribution in [0.25, 0.3) is 0 Å². The van der Waals surface area contributed by atoms with Crippen LogP contribution in [0.1, 0.15) is 42.6 Å². The van der Waals surface area contributed by atoms with Crippen LogP contribution < -0.4 is 16.0 Å². The number of nitrogens with two attached hydrogens (primary N) is 1. The van der Waals surface area contributed by atoms with E-state index in [0.29, 0.717) is 23.8 Å². The Bertz CT molecular complexity index is 707. The predicted octanol–water partition coefficient (Wildman–Crippen LogP) is 2.00. The molecule has 104 valence electrons. The molecule has 1 atom stereocenters. The molecule has 3 rings (SSSR count). The van der Waals surface area contributed by atoms with Crippen molar-refractivity contribution in [3.05, 3.63) is 51.6 Å². The number of rotatable bonds is 2. The van der Waals surface area contributed by atoms with Crippen LogP contribution in [0.3, 0.4) is 0 Å². The summed E-state index contributed by atoms with van der Waals surface area (Å²) >= 11 is 0. The highest BCUT2D eigenvalue weighted by molar-refractivity contribution is 5.45. The zero-order valence-corrected chi connectivity index (χ0v) is 11.5. The van der Waals surface area contributed by atoms with E-state index in [1.54, 1.807) is 0 Å². The first kappa shape index (κ1) is 12.7. The molecule has 0 bridgehead atoms. The summed E-state index contributed by atoms with van der Waals surface area (Å²) in [5.74, 6) is 1.70. The lowest BCUT2D eigenvalue weighted by Gasteiger charge is -2.12. The van der Waals surface area contributed by atoms with E-state index in [9.17, 15) is 4.79 Å². The second-order valence-corrected chi connectivity index (χ2v) is 5.31. The van der Waals surface area contributed by atoms with Crippen LogP contribution in [0, 0.1) is 0 Å². The molecule has 0 saturated carbocycles. The second kappa shape index (κ2) is 4.67.